The molecule has 1 fully saturated rings. The van der Waals surface area contributed by atoms with Crippen LogP contribution in [0.5, 0.6) is 0 Å². The Balaban J connectivity index is 2.02. The van der Waals surface area contributed by atoms with E-state index in [-0.39, 0.29) is 6.04 Å². The molecule has 3 heteroatoms. The summed E-state index contributed by atoms with van der Waals surface area (Å²) in [5.41, 5.74) is 10.0. The second-order valence-corrected chi connectivity index (χ2v) is 5.20. The summed E-state index contributed by atoms with van der Waals surface area (Å²) in [5.74, 6) is 0. The normalized spacial score (nSPS) is 18.0. The van der Waals surface area contributed by atoms with Crippen LogP contribution in [-0.2, 0) is 0 Å². The minimum atomic E-state index is 0.210. The highest BCUT2D eigenvalue weighted by Gasteiger charge is 2.21. The summed E-state index contributed by atoms with van der Waals surface area (Å²) in [5, 5.41) is 9.30. The third kappa shape index (κ3) is 2.38. The molecule has 2 N–H and O–H groups in total. The first-order valence-electron chi connectivity index (χ1n) is 6.88. The number of anilines is 1. The monoisotopic (exact) mass is 263 g/mol. The van der Waals surface area contributed by atoms with Crippen LogP contribution in [0.25, 0.3) is 11.1 Å². The fraction of sp³-hybridized carbons (Fsp3) is 0.235. The first-order chi connectivity index (χ1) is 9.78. The number of rotatable bonds is 2. The summed E-state index contributed by atoms with van der Waals surface area (Å²) >= 11 is 0. The molecule has 0 aliphatic carbocycles. The van der Waals surface area contributed by atoms with Gasteiger partial charge in [-0.3, -0.25) is 0 Å². The molecule has 0 radical (unpaired) electrons. The molecule has 1 aliphatic rings. The molecule has 2 aromatic carbocycles. The topological polar surface area (TPSA) is 53.0 Å². The largest absolute Gasteiger partial charge is 0.369 e. The van der Waals surface area contributed by atoms with E-state index in [0.717, 1.165) is 36.3 Å². The van der Waals surface area contributed by atoms with Crippen molar-refractivity contribution in [3.63, 3.8) is 0 Å². The van der Waals surface area contributed by atoms with Crippen LogP contribution in [0.3, 0.4) is 0 Å². The van der Waals surface area contributed by atoms with Crippen molar-refractivity contribution in [3.8, 4) is 17.2 Å². The van der Waals surface area contributed by atoms with Crippen molar-refractivity contribution in [1.29, 1.82) is 5.26 Å². The van der Waals surface area contributed by atoms with Gasteiger partial charge in [-0.2, -0.15) is 5.26 Å². The van der Waals surface area contributed by atoms with E-state index < -0.39 is 0 Å². The fourth-order valence-electron chi connectivity index (χ4n) is 2.70. The molecule has 1 atom stereocenters. The minimum Gasteiger partial charge on any atom is -0.369 e. The third-order valence-corrected chi connectivity index (χ3v) is 3.79. The van der Waals surface area contributed by atoms with Gasteiger partial charge >= 0.3 is 0 Å². The van der Waals surface area contributed by atoms with Gasteiger partial charge in [-0.25, -0.2) is 0 Å². The maximum atomic E-state index is 9.30. The fourth-order valence-corrected chi connectivity index (χ4v) is 2.70. The Morgan fingerprint density at radius 1 is 1.10 bits per heavy atom. The van der Waals surface area contributed by atoms with E-state index >= 15 is 0 Å². The first kappa shape index (κ1) is 12.7. The van der Waals surface area contributed by atoms with E-state index in [0.29, 0.717) is 0 Å². The number of benzene rings is 2. The van der Waals surface area contributed by atoms with Crippen molar-refractivity contribution in [2.75, 3.05) is 18.0 Å². The van der Waals surface area contributed by atoms with E-state index in [2.05, 4.69) is 29.2 Å². The Labute approximate surface area is 119 Å². The third-order valence-electron chi connectivity index (χ3n) is 3.79. The maximum absolute atomic E-state index is 9.30. The van der Waals surface area contributed by atoms with Gasteiger partial charge in [0.2, 0.25) is 0 Å². The average molecular weight is 263 g/mol. The number of nitrogens with zero attached hydrogens (tertiary/aromatic N) is 2. The van der Waals surface area contributed by atoms with Gasteiger partial charge in [0.25, 0.3) is 0 Å². The molecule has 0 saturated carbocycles. The van der Waals surface area contributed by atoms with Crippen molar-refractivity contribution < 1.29 is 0 Å². The van der Waals surface area contributed by atoms with E-state index in [4.69, 9.17) is 5.73 Å². The minimum absolute atomic E-state index is 0.210. The Morgan fingerprint density at radius 2 is 1.90 bits per heavy atom. The van der Waals surface area contributed by atoms with Crippen LogP contribution in [0, 0.1) is 11.3 Å². The van der Waals surface area contributed by atoms with Crippen LogP contribution in [0.15, 0.2) is 48.5 Å². The van der Waals surface area contributed by atoms with E-state index in [1.807, 2.05) is 30.3 Å². The van der Waals surface area contributed by atoms with Crippen molar-refractivity contribution in [1.82, 2.24) is 0 Å². The van der Waals surface area contributed by atoms with Crippen LogP contribution < -0.4 is 10.6 Å². The zero-order valence-electron chi connectivity index (χ0n) is 11.3. The first-order valence-corrected chi connectivity index (χ1v) is 6.88. The zero-order valence-corrected chi connectivity index (χ0v) is 11.3. The van der Waals surface area contributed by atoms with Crippen molar-refractivity contribution in [3.05, 3.63) is 54.1 Å². The van der Waals surface area contributed by atoms with Gasteiger partial charge < -0.3 is 10.6 Å². The highest BCUT2D eigenvalue weighted by atomic mass is 15.2. The Hall–Kier alpha value is -2.31. The average Bonchev–Trinajstić information content (AvgIpc) is 2.94. The van der Waals surface area contributed by atoms with Gasteiger partial charge in [-0.1, -0.05) is 36.4 Å². The summed E-state index contributed by atoms with van der Waals surface area (Å²) < 4.78 is 0. The van der Waals surface area contributed by atoms with Gasteiger partial charge in [0.15, 0.2) is 0 Å². The molecule has 1 unspecified atom stereocenters. The van der Waals surface area contributed by atoms with Crippen LogP contribution >= 0.6 is 0 Å². The van der Waals surface area contributed by atoms with E-state index in [9.17, 15) is 5.26 Å². The van der Waals surface area contributed by atoms with Crippen LogP contribution in [0.4, 0.5) is 5.69 Å². The second-order valence-electron chi connectivity index (χ2n) is 5.20. The quantitative estimate of drug-likeness (QED) is 0.906. The Kier molecular flexibility index (Phi) is 3.41. The van der Waals surface area contributed by atoms with Crippen LogP contribution in [0.1, 0.15) is 12.0 Å². The molecule has 0 amide bonds. The van der Waals surface area contributed by atoms with Crippen LogP contribution in [0.2, 0.25) is 0 Å². The lowest BCUT2D eigenvalue weighted by Gasteiger charge is -2.20. The lowest BCUT2D eigenvalue weighted by Crippen LogP contribution is -2.26. The summed E-state index contributed by atoms with van der Waals surface area (Å²) in [6.45, 7) is 1.75. The smallest absolute Gasteiger partial charge is 0.101 e. The molecule has 3 nitrogen and oxygen atoms in total. The maximum Gasteiger partial charge on any atom is 0.101 e. The van der Waals surface area contributed by atoms with Crippen molar-refractivity contribution >= 4 is 5.69 Å². The molecule has 0 aromatic heterocycles. The summed E-state index contributed by atoms with van der Waals surface area (Å²) in [7, 11) is 0. The Bertz CT molecular complexity index is 643. The van der Waals surface area contributed by atoms with E-state index in [1.54, 1.807) is 0 Å². The molecule has 2 aromatic rings. The molecular formula is C17H17N3. The number of hydrogen-bond acceptors (Lipinski definition) is 3. The molecule has 1 aliphatic heterocycles. The number of nitriles is 1. The van der Waals surface area contributed by atoms with E-state index in [1.165, 1.54) is 5.56 Å². The second kappa shape index (κ2) is 5.36. The van der Waals surface area contributed by atoms with Gasteiger partial charge in [0, 0.05) is 19.1 Å². The van der Waals surface area contributed by atoms with Crippen molar-refractivity contribution in [2.45, 2.75) is 12.5 Å². The molecular weight excluding hydrogens is 246 g/mol. The molecule has 1 heterocycles. The molecule has 3 rings (SSSR count). The molecule has 0 spiro atoms. The zero-order chi connectivity index (χ0) is 13.9. The van der Waals surface area contributed by atoms with Crippen molar-refractivity contribution in [2.24, 2.45) is 5.73 Å². The SMILES string of the molecule is N#Cc1ccc(-c2ccccc2)cc1N1CCC(N)C1. The van der Waals surface area contributed by atoms with Gasteiger partial charge in [-0.05, 0) is 29.7 Å². The predicted molar refractivity (Wildman–Crippen MR) is 81.4 cm³/mol. The summed E-state index contributed by atoms with van der Waals surface area (Å²) in [4.78, 5) is 2.22. The van der Waals surface area contributed by atoms with Gasteiger partial charge in [0.1, 0.15) is 6.07 Å². The van der Waals surface area contributed by atoms with Crippen LogP contribution in [-0.4, -0.2) is 19.1 Å². The molecule has 0 bridgehead atoms. The predicted octanol–water partition coefficient (Wildman–Crippen LogP) is 2.76. The Morgan fingerprint density at radius 3 is 2.55 bits per heavy atom. The number of nitrogens with two attached hydrogens (primary N) is 1. The summed E-state index contributed by atoms with van der Waals surface area (Å²) in [6, 6.07) is 18.7. The lowest BCUT2D eigenvalue weighted by atomic mass is 10.0. The highest BCUT2D eigenvalue weighted by Crippen LogP contribution is 2.29. The molecule has 100 valence electrons. The van der Waals surface area contributed by atoms with Gasteiger partial charge in [-0.15, -0.1) is 0 Å². The summed E-state index contributed by atoms with van der Waals surface area (Å²) in [6.07, 6.45) is 0.987. The standard InChI is InChI=1S/C17H17N3/c18-11-15-7-6-14(13-4-2-1-3-5-13)10-17(15)20-9-8-16(19)12-20/h1-7,10,16H,8-9,12,19H2. The number of hydrogen-bond donors (Lipinski definition) is 1. The highest BCUT2D eigenvalue weighted by molar-refractivity contribution is 5.72. The van der Waals surface area contributed by atoms with Gasteiger partial charge in [0.05, 0.1) is 11.3 Å². The molecule has 1 saturated heterocycles. The lowest BCUT2D eigenvalue weighted by molar-refractivity contribution is 0.752. The molecule has 20 heavy (non-hydrogen) atoms.